The largest absolute Gasteiger partial charge is 0.338 e. The number of likely N-dealkylation sites (tertiary alicyclic amines) is 1. The molecule has 2 aliphatic heterocycles. The van der Waals surface area contributed by atoms with Crippen molar-refractivity contribution >= 4 is 6.03 Å². The van der Waals surface area contributed by atoms with E-state index >= 15 is 0 Å². The minimum atomic E-state index is 0.123. The first-order valence-electron chi connectivity index (χ1n) is 6.11. The smallest absolute Gasteiger partial charge is 0.318 e. The molecule has 0 unspecified atom stereocenters. The van der Waals surface area contributed by atoms with Crippen molar-refractivity contribution in [3.05, 3.63) is 0 Å². The van der Waals surface area contributed by atoms with Gasteiger partial charge in [-0.3, -0.25) is 4.90 Å². The number of carbonyl (C=O) groups is 1. The maximum absolute atomic E-state index is 11.7. The van der Waals surface area contributed by atoms with Crippen molar-refractivity contribution in [2.45, 2.75) is 32.1 Å². The van der Waals surface area contributed by atoms with Crippen LogP contribution in [0.4, 0.5) is 4.79 Å². The quantitative estimate of drug-likeness (QED) is 0.746. The molecule has 86 valence electrons. The van der Waals surface area contributed by atoms with Gasteiger partial charge >= 0.3 is 6.03 Å². The molecule has 2 amide bonds. The van der Waals surface area contributed by atoms with E-state index < -0.39 is 0 Å². The summed E-state index contributed by atoms with van der Waals surface area (Å²) in [7, 11) is 0. The van der Waals surface area contributed by atoms with E-state index in [4.69, 9.17) is 0 Å². The third-order valence-corrected chi connectivity index (χ3v) is 3.24. The van der Waals surface area contributed by atoms with E-state index in [0.717, 1.165) is 45.7 Å². The molecule has 0 aromatic rings. The van der Waals surface area contributed by atoms with Crippen molar-refractivity contribution < 1.29 is 4.79 Å². The summed E-state index contributed by atoms with van der Waals surface area (Å²) < 4.78 is 0. The van der Waals surface area contributed by atoms with Crippen LogP contribution in [0.5, 0.6) is 0 Å². The lowest BCUT2D eigenvalue weighted by Crippen LogP contribution is -2.46. The van der Waals surface area contributed by atoms with Crippen LogP contribution in [0.2, 0.25) is 0 Å². The molecule has 0 atom stereocenters. The Morgan fingerprint density at radius 1 is 1.00 bits per heavy atom. The second kappa shape index (κ2) is 5.35. The third kappa shape index (κ3) is 3.09. The van der Waals surface area contributed by atoms with E-state index in [1.54, 1.807) is 0 Å². The summed E-state index contributed by atoms with van der Waals surface area (Å²) in [4.78, 5) is 16.0. The van der Waals surface area contributed by atoms with E-state index in [9.17, 15) is 4.79 Å². The third-order valence-electron chi connectivity index (χ3n) is 3.24. The number of hydrogen-bond acceptors (Lipinski definition) is 2. The molecule has 4 heteroatoms. The molecule has 0 bridgehead atoms. The molecule has 1 N–H and O–H groups in total. The SMILES string of the molecule is O=C1NCCCCN1CN1CCCCC1. The van der Waals surface area contributed by atoms with E-state index in [-0.39, 0.29) is 6.03 Å². The molecule has 15 heavy (non-hydrogen) atoms. The van der Waals surface area contributed by atoms with Crippen molar-refractivity contribution in [3.8, 4) is 0 Å². The molecule has 2 rings (SSSR count). The van der Waals surface area contributed by atoms with Crippen LogP contribution in [0.15, 0.2) is 0 Å². The molecule has 2 fully saturated rings. The highest BCUT2D eigenvalue weighted by Gasteiger charge is 2.19. The zero-order valence-electron chi connectivity index (χ0n) is 9.37. The lowest BCUT2D eigenvalue weighted by molar-refractivity contribution is 0.127. The van der Waals surface area contributed by atoms with Gasteiger partial charge < -0.3 is 10.2 Å². The van der Waals surface area contributed by atoms with Gasteiger partial charge in [0.05, 0.1) is 6.67 Å². The highest BCUT2D eigenvalue weighted by molar-refractivity contribution is 5.74. The minimum absolute atomic E-state index is 0.123. The van der Waals surface area contributed by atoms with E-state index in [1.165, 1.54) is 19.3 Å². The monoisotopic (exact) mass is 211 g/mol. The first-order valence-corrected chi connectivity index (χ1v) is 6.11. The Balaban J connectivity index is 1.82. The van der Waals surface area contributed by atoms with Gasteiger partial charge in [-0.2, -0.15) is 0 Å². The van der Waals surface area contributed by atoms with Crippen LogP contribution in [0.1, 0.15) is 32.1 Å². The normalized spacial score (nSPS) is 24.8. The van der Waals surface area contributed by atoms with Crippen molar-refractivity contribution in [2.24, 2.45) is 0 Å². The maximum Gasteiger partial charge on any atom is 0.318 e. The second-order valence-corrected chi connectivity index (χ2v) is 4.52. The lowest BCUT2D eigenvalue weighted by Gasteiger charge is -2.32. The number of rotatable bonds is 2. The number of hydrogen-bond donors (Lipinski definition) is 1. The number of urea groups is 1. The van der Waals surface area contributed by atoms with Gasteiger partial charge in [0.15, 0.2) is 0 Å². The number of piperidine rings is 1. The van der Waals surface area contributed by atoms with Crippen LogP contribution in [-0.4, -0.2) is 48.7 Å². The Morgan fingerprint density at radius 3 is 2.53 bits per heavy atom. The van der Waals surface area contributed by atoms with Crippen LogP contribution in [0.25, 0.3) is 0 Å². The van der Waals surface area contributed by atoms with Crippen LogP contribution in [0.3, 0.4) is 0 Å². The fourth-order valence-electron chi connectivity index (χ4n) is 2.31. The number of amides is 2. The average Bonchev–Trinajstić information content (AvgIpc) is 2.46. The summed E-state index contributed by atoms with van der Waals surface area (Å²) in [5.41, 5.74) is 0. The zero-order valence-corrected chi connectivity index (χ0v) is 9.37. The van der Waals surface area contributed by atoms with Crippen LogP contribution >= 0.6 is 0 Å². The fourth-order valence-corrected chi connectivity index (χ4v) is 2.31. The Labute approximate surface area is 91.6 Å². The van der Waals surface area contributed by atoms with Gasteiger partial charge in [0, 0.05) is 13.1 Å². The fraction of sp³-hybridized carbons (Fsp3) is 0.909. The zero-order chi connectivity index (χ0) is 10.5. The van der Waals surface area contributed by atoms with Gasteiger partial charge in [-0.1, -0.05) is 6.42 Å². The molecule has 4 nitrogen and oxygen atoms in total. The van der Waals surface area contributed by atoms with Gasteiger partial charge in [-0.15, -0.1) is 0 Å². The highest BCUT2D eigenvalue weighted by Crippen LogP contribution is 2.10. The van der Waals surface area contributed by atoms with E-state index in [2.05, 4.69) is 10.2 Å². The predicted octanol–water partition coefficient (Wildman–Crippen LogP) is 1.24. The van der Waals surface area contributed by atoms with Crippen molar-refractivity contribution in [1.82, 2.24) is 15.1 Å². The summed E-state index contributed by atoms with van der Waals surface area (Å²) in [5.74, 6) is 0. The Morgan fingerprint density at radius 2 is 1.73 bits per heavy atom. The first kappa shape index (κ1) is 10.7. The number of nitrogens with one attached hydrogen (secondary N) is 1. The van der Waals surface area contributed by atoms with Crippen LogP contribution < -0.4 is 5.32 Å². The molecule has 2 heterocycles. The molecule has 0 saturated carbocycles. The highest BCUT2D eigenvalue weighted by atomic mass is 16.2. The molecule has 0 aromatic carbocycles. The van der Waals surface area contributed by atoms with Gasteiger partial charge in [0.1, 0.15) is 0 Å². The van der Waals surface area contributed by atoms with Crippen LogP contribution in [0, 0.1) is 0 Å². The van der Waals surface area contributed by atoms with Crippen molar-refractivity contribution in [1.29, 1.82) is 0 Å². The maximum atomic E-state index is 11.7. The van der Waals surface area contributed by atoms with E-state index in [1.807, 2.05) is 4.90 Å². The molecular weight excluding hydrogens is 190 g/mol. The number of nitrogens with zero attached hydrogens (tertiary/aromatic N) is 2. The molecule has 2 saturated heterocycles. The van der Waals surface area contributed by atoms with Gasteiger partial charge in [-0.05, 0) is 38.8 Å². The summed E-state index contributed by atoms with van der Waals surface area (Å²) >= 11 is 0. The van der Waals surface area contributed by atoms with Crippen LogP contribution in [-0.2, 0) is 0 Å². The molecule has 0 aromatic heterocycles. The summed E-state index contributed by atoms with van der Waals surface area (Å²) in [5, 5.41) is 2.94. The Kier molecular flexibility index (Phi) is 3.83. The summed E-state index contributed by atoms with van der Waals surface area (Å²) in [6, 6.07) is 0.123. The molecule has 2 aliphatic rings. The van der Waals surface area contributed by atoms with Gasteiger partial charge in [0.2, 0.25) is 0 Å². The predicted molar refractivity (Wildman–Crippen MR) is 59.6 cm³/mol. The molecular formula is C11H21N3O. The minimum Gasteiger partial charge on any atom is -0.338 e. The lowest BCUT2D eigenvalue weighted by atomic mass is 10.1. The molecule has 0 spiro atoms. The summed E-state index contributed by atoms with van der Waals surface area (Å²) in [6.07, 6.45) is 6.17. The number of carbonyl (C=O) groups excluding carboxylic acids is 1. The summed E-state index contributed by atoms with van der Waals surface area (Å²) in [6.45, 7) is 4.90. The Bertz CT molecular complexity index is 214. The van der Waals surface area contributed by atoms with Gasteiger partial charge in [-0.25, -0.2) is 4.79 Å². The first-order chi connectivity index (χ1) is 7.36. The Hall–Kier alpha value is -0.770. The van der Waals surface area contributed by atoms with E-state index in [0.29, 0.717) is 0 Å². The van der Waals surface area contributed by atoms with Crippen molar-refractivity contribution in [2.75, 3.05) is 32.8 Å². The van der Waals surface area contributed by atoms with Crippen molar-refractivity contribution in [3.63, 3.8) is 0 Å². The average molecular weight is 211 g/mol. The topological polar surface area (TPSA) is 35.6 Å². The molecule has 0 aliphatic carbocycles. The van der Waals surface area contributed by atoms with Gasteiger partial charge in [0.25, 0.3) is 0 Å². The second-order valence-electron chi connectivity index (χ2n) is 4.52. The standard InChI is InChI=1S/C11H21N3O/c15-11-12-6-2-5-9-14(11)10-13-7-3-1-4-8-13/h1-10H2,(H,12,15). The molecule has 0 radical (unpaired) electrons.